The number of hydrogen-bond donors (Lipinski definition) is 0. The molecule has 1 nitrogen and oxygen atoms in total. The predicted molar refractivity (Wildman–Crippen MR) is 47.2 cm³/mol. The first-order valence-electron chi connectivity index (χ1n) is 4.24. The first-order valence-corrected chi connectivity index (χ1v) is 4.24. The molecule has 0 radical (unpaired) electrons. The molecule has 0 saturated heterocycles. The Kier molecular flexibility index (Phi) is 3.38. The molecule has 0 bridgehead atoms. The lowest BCUT2D eigenvalue weighted by molar-refractivity contribution is -0.176. The topological polar surface area (TPSA) is 9.23 Å². The minimum Gasteiger partial charge on any atom is -0.493 e. The van der Waals surface area contributed by atoms with Gasteiger partial charge in [-0.1, -0.05) is 25.1 Å². The Balaban J connectivity index is 2.42. The summed E-state index contributed by atoms with van der Waals surface area (Å²) in [5, 5.41) is 0. The van der Waals surface area contributed by atoms with Gasteiger partial charge in [0.1, 0.15) is 5.75 Å². The van der Waals surface area contributed by atoms with Crippen LogP contribution in [0, 0.1) is 5.92 Å². The molecular formula is C10H11F3O. The number of benzene rings is 1. The second kappa shape index (κ2) is 4.35. The van der Waals surface area contributed by atoms with E-state index in [2.05, 4.69) is 0 Å². The van der Waals surface area contributed by atoms with E-state index in [1.807, 2.05) is 0 Å². The molecule has 4 heteroatoms. The summed E-state index contributed by atoms with van der Waals surface area (Å²) in [4.78, 5) is 0. The zero-order chi connectivity index (χ0) is 10.6. The average molecular weight is 204 g/mol. The smallest absolute Gasteiger partial charge is 0.394 e. The lowest BCUT2D eigenvalue weighted by Crippen LogP contribution is -2.25. The highest BCUT2D eigenvalue weighted by Crippen LogP contribution is 2.26. The third-order valence-electron chi connectivity index (χ3n) is 1.80. The van der Waals surface area contributed by atoms with Crippen molar-refractivity contribution in [3.63, 3.8) is 0 Å². The van der Waals surface area contributed by atoms with Crippen LogP contribution in [0.1, 0.15) is 6.92 Å². The Labute approximate surface area is 80.5 Å². The average Bonchev–Trinajstić information content (AvgIpc) is 2.14. The maximum Gasteiger partial charge on any atom is 0.394 e. The van der Waals surface area contributed by atoms with Crippen LogP contribution in [-0.4, -0.2) is 12.8 Å². The third-order valence-corrected chi connectivity index (χ3v) is 1.80. The summed E-state index contributed by atoms with van der Waals surface area (Å²) < 4.78 is 41.2. The van der Waals surface area contributed by atoms with Crippen molar-refractivity contribution in [3.05, 3.63) is 30.3 Å². The summed E-state index contributed by atoms with van der Waals surface area (Å²) in [5.74, 6) is -0.980. The number of alkyl halides is 3. The number of ether oxygens (including phenoxy) is 1. The summed E-state index contributed by atoms with van der Waals surface area (Å²) in [6, 6.07) is 8.47. The second-order valence-electron chi connectivity index (χ2n) is 3.07. The summed E-state index contributed by atoms with van der Waals surface area (Å²) >= 11 is 0. The molecule has 0 amide bonds. The van der Waals surface area contributed by atoms with Crippen molar-refractivity contribution in [2.75, 3.05) is 6.61 Å². The minimum atomic E-state index is -4.19. The SMILES string of the molecule is CC(COc1ccccc1)C(F)(F)F. The van der Waals surface area contributed by atoms with Gasteiger partial charge >= 0.3 is 6.18 Å². The third kappa shape index (κ3) is 3.28. The zero-order valence-corrected chi connectivity index (χ0v) is 7.71. The normalized spacial score (nSPS) is 13.7. The van der Waals surface area contributed by atoms with Gasteiger partial charge in [0.15, 0.2) is 0 Å². The first kappa shape index (κ1) is 10.9. The monoisotopic (exact) mass is 204 g/mol. The molecule has 0 aliphatic carbocycles. The van der Waals surface area contributed by atoms with Gasteiger partial charge in [-0.2, -0.15) is 13.2 Å². The maximum atomic E-state index is 12.1. The Morgan fingerprint density at radius 1 is 1.21 bits per heavy atom. The molecule has 14 heavy (non-hydrogen) atoms. The van der Waals surface area contributed by atoms with Gasteiger partial charge in [0.25, 0.3) is 0 Å². The van der Waals surface area contributed by atoms with Gasteiger partial charge < -0.3 is 4.74 Å². The fraction of sp³-hybridized carbons (Fsp3) is 0.400. The molecule has 1 rings (SSSR count). The van der Waals surface area contributed by atoms with E-state index in [1.165, 1.54) is 0 Å². The van der Waals surface area contributed by atoms with Gasteiger partial charge in [0, 0.05) is 0 Å². The standard InChI is InChI=1S/C10H11F3O/c1-8(10(11,12)13)7-14-9-5-3-2-4-6-9/h2-6,8H,7H2,1H3. The molecule has 0 spiro atoms. The van der Waals surface area contributed by atoms with Crippen LogP contribution in [0.5, 0.6) is 5.75 Å². The molecule has 0 aromatic heterocycles. The largest absolute Gasteiger partial charge is 0.493 e. The Bertz CT molecular complexity index is 268. The van der Waals surface area contributed by atoms with Crippen molar-refractivity contribution in [1.82, 2.24) is 0 Å². The molecule has 1 aromatic carbocycles. The fourth-order valence-corrected chi connectivity index (χ4v) is 0.832. The van der Waals surface area contributed by atoms with Crippen LogP contribution in [0.25, 0.3) is 0 Å². The highest BCUT2D eigenvalue weighted by Gasteiger charge is 2.36. The van der Waals surface area contributed by atoms with E-state index in [4.69, 9.17) is 4.74 Å². The molecular weight excluding hydrogens is 193 g/mol. The molecule has 0 heterocycles. The van der Waals surface area contributed by atoms with E-state index in [-0.39, 0.29) is 6.61 Å². The summed E-state index contributed by atoms with van der Waals surface area (Å²) in [6.07, 6.45) is -4.19. The van der Waals surface area contributed by atoms with E-state index < -0.39 is 12.1 Å². The van der Waals surface area contributed by atoms with E-state index in [1.54, 1.807) is 30.3 Å². The van der Waals surface area contributed by atoms with Gasteiger partial charge in [-0.25, -0.2) is 0 Å². The van der Waals surface area contributed by atoms with E-state index in [9.17, 15) is 13.2 Å². The van der Waals surface area contributed by atoms with Crippen molar-refractivity contribution in [1.29, 1.82) is 0 Å². The van der Waals surface area contributed by atoms with Crippen molar-refractivity contribution in [2.24, 2.45) is 5.92 Å². The summed E-state index contributed by atoms with van der Waals surface area (Å²) in [7, 11) is 0. The van der Waals surface area contributed by atoms with Crippen LogP contribution >= 0.6 is 0 Å². The quantitative estimate of drug-likeness (QED) is 0.734. The van der Waals surface area contributed by atoms with Crippen LogP contribution in [0.3, 0.4) is 0 Å². The van der Waals surface area contributed by atoms with Gasteiger partial charge in [-0.15, -0.1) is 0 Å². The summed E-state index contributed by atoms with van der Waals surface area (Å²) in [5.41, 5.74) is 0. The van der Waals surface area contributed by atoms with Crippen LogP contribution in [0.15, 0.2) is 30.3 Å². The van der Waals surface area contributed by atoms with Gasteiger partial charge in [-0.05, 0) is 12.1 Å². The zero-order valence-electron chi connectivity index (χ0n) is 7.71. The molecule has 1 aromatic rings. The van der Waals surface area contributed by atoms with E-state index >= 15 is 0 Å². The molecule has 1 unspecified atom stereocenters. The van der Waals surface area contributed by atoms with Crippen LogP contribution in [0.2, 0.25) is 0 Å². The Morgan fingerprint density at radius 2 is 1.79 bits per heavy atom. The Hall–Kier alpha value is -1.19. The minimum absolute atomic E-state index is 0.340. The molecule has 0 N–H and O–H groups in total. The van der Waals surface area contributed by atoms with Crippen molar-refractivity contribution < 1.29 is 17.9 Å². The highest BCUT2D eigenvalue weighted by molar-refractivity contribution is 5.20. The molecule has 0 aliphatic heterocycles. The lowest BCUT2D eigenvalue weighted by atomic mass is 10.2. The molecule has 78 valence electrons. The van der Waals surface area contributed by atoms with E-state index in [0.29, 0.717) is 5.75 Å². The predicted octanol–water partition coefficient (Wildman–Crippen LogP) is 3.26. The fourth-order valence-electron chi connectivity index (χ4n) is 0.832. The van der Waals surface area contributed by atoms with Crippen LogP contribution in [0.4, 0.5) is 13.2 Å². The highest BCUT2D eigenvalue weighted by atomic mass is 19.4. The number of rotatable bonds is 3. The number of para-hydroxylation sites is 1. The van der Waals surface area contributed by atoms with Crippen molar-refractivity contribution in [3.8, 4) is 5.75 Å². The van der Waals surface area contributed by atoms with Crippen LogP contribution < -0.4 is 4.74 Å². The van der Waals surface area contributed by atoms with Crippen molar-refractivity contribution in [2.45, 2.75) is 13.1 Å². The Morgan fingerprint density at radius 3 is 2.29 bits per heavy atom. The second-order valence-corrected chi connectivity index (χ2v) is 3.07. The van der Waals surface area contributed by atoms with Crippen LogP contribution in [-0.2, 0) is 0 Å². The first-order chi connectivity index (χ1) is 6.50. The molecule has 0 saturated carbocycles. The van der Waals surface area contributed by atoms with Gasteiger partial charge in [-0.3, -0.25) is 0 Å². The lowest BCUT2D eigenvalue weighted by Gasteiger charge is -2.15. The van der Waals surface area contributed by atoms with Gasteiger partial charge in [0.05, 0.1) is 12.5 Å². The molecule has 0 aliphatic rings. The number of hydrogen-bond acceptors (Lipinski definition) is 1. The molecule has 1 atom stereocenters. The summed E-state index contributed by atoms with van der Waals surface area (Å²) in [6.45, 7) is 0.760. The van der Waals surface area contributed by atoms with Crippen molar-refractivity contribution >= 4 is 0 Å². The van der Waals surface area contributed by atoms with Gasteiger partial charge in [0.2, 0.25) is 0 Å². The van der Waals surface area contributed by atoms with E-state index in [0.717, 1.165) is 6.92 Å². The number of halogens is 3. The maximum absolute atomic E-state index is 12.1. The molecule has 0 fully saturated rings.